The van der Waals surface area contributed by atoms with Gasteiger partial charge >= 0.3 is 0 Å². The molecule has 1 aliphatic rings. The summed E-state index contributed by atoms with van der Waals surface area (Å²) in [7, 11) is 1.18. The highest BCUT2D eigenvalue weighted by Gasteiger charge is 2.19. The Labute approximate surface area is 89.1 Å². The number of hydrogen-bond acceptors (Lipinski definition) is 3. The Morgan fingerprint density at radius 3 is 2.64 bits per heavy atom. The second kappa shape index (κ2) is 6.53. The first kappa shape index (κ1) is 12.1. The van der Waals surface area contributed by atoms with Crippen LogP contribution >= 0.6 is 0 Å². The lowest BCUT2D eigenvalue weighted by Crippen LogP contribution is -2.43. The van der Waals surface area contributed by atoms with E-state index in [1.807, 2.05) is 0 Å². The van der Waals surface area contributed by atoms with Crippen LogP contribution in [0.15, 0.2) is 0 Å². The molecule has 0 aromatic carbocycles. The lowest BCUT2D eigenvalue weighted by molar-refractivity contribution is 0.157. The zero-order valence-electron chi connectivity index (χ0n) is 9.12. The third kappa shape index (κ3) is 4.07. The number of hydrogen-bond donors (Lipinski definition) is 1. The lowest BCUT2D eigenvalue weighted by Gasteiger charge is -2.27. The topological polar surface area (TPSA) is 38.3 Å². The minimum absolute atomic E-state index is 0.455. The minimum Gasteiger partial charge on any atom is -0.383 e. The molecule has 0 radical (unpaired) electrons. The van der Waals surface area contributed by atoms with Gasteiger partial charge in [-0.25, -0.2) is 0 Å². The van der Waals surface area contributed by atoms with E-state index in [0.717, 1.165) is 37.4 Å². The van der Waals surface area contributed by atoms with Crippen molar-refractivity contribution in [2.24, 2.45) is 0 Å². The van der Waals surface area contributed by atoms with Crippen molar-refractivity contribution in [2.75, 3.05) is 25.2 Å². The molecule has 4 heteroatoms. The molecule has 0 spiro atoms. The summed E-state index contributed by atoms with van der Waals surface area (Å²) in [5, 5.41) is 3.57. The highest BCUT2D eigenvalue weighted by molar-refractivity contribution is 7.85. The van der Waals surface area contributed by atoms with E-state index >= 15 is 0 Å². The molecule has 1 heterocycles. The molecule has 0 amide bonds. The minimum atomic E-state index is -0.553. The molecule has 1 atom stereocenters. The molecule has 0 aromatic rings. The van der Waals surface area contributed by atoms with Gasteiger partial charge in [-0.1, -0.05) is 6.92 Å². The molecule has 1 N–H and O–H groups in total. The van der Waals surface area contributed by atoms with Crippen molar-refractivity contribution in [3.05, 3.63) is 0 Å². The predicted molar refractivity (Wildman–Crippen MR) is 60.0 cm³/mol. The Hall–Kier alpha value is 0.0700. The van der Waals surface area contributed by atoms with Gasteiger partial charge in [-0.3, -0.25) is 4.21 Å². The summed E-state index contributed by atoms with van der Waals surface area (Å²) in [6.45, 7) is 2.94. The SMILES string of the molecule is CCC(COC)NC1CCS(=O)CC1. The third-order valence-electron chi connectivity index (χ3n) is 2.72. The molecule has 1 saturated heterocycles. The second-order valence-electron chi connectivity index (χ2n) is 3.85. The van der Waals surface area contributed by atoms with E-state index in [0.29, 0.717) is 12.1 Å². The number of rotatable bonds is 5. The molecule has 0 aliphatic carbocycles. The van der Waals surface area contributed by atoms with Crippen LogP contribution in [-0.2, 0) is 15.5 Å². The molecule has 1 rings (SSSR count). The third-order valence-corrected chi connectivity index (χ3v) is 4.10. The fourth-order valence-electron chi connectivity index (χ4n) is 1.78. The van der Waals surface area contributed by atoms with Gasteiger partial charge in [0, 0.05) is 41.5 Å². The van der Waals surface area contributed by atoms with Crippen LogP contribution in [0.4, 0.5) is 0 Å². The van der Waals surface area contributed by atoms with Gasteiger partial charge in [-0.05, 0) is 19.3 Å². The monoisotopic (exact) mass is 219 g/mol. The van der Waals surface area contributed by atoms with Crippen molar-refractivity contribution in [3.63, 3.8) is 0 Å². The van der Waals surface area contributed by atoms with E-state index in [-0.39, 0.29) is 0 Å². The van der Waals surface area contributed by atoms with Crippen LogP contribution in [0.25, 0.3) is 0 Å². The van der Waals surface area contributed by atoms with Gasteiger partial charge in [0.15, 0.2) is 0 Å². The van der Waals surface area contributed by atoms with Crippen LogP contribution < -0.4 is 5.32 Å². The van der Waals surface area contributed by atoms with Gasteiger partial charge in [0.25, 0.3) is 0 Å². The first-order valence-electron chi connectivity index (χ1n) is 5.36. The molecular formula is C10H21NO2S. The average molecular weight is 219 g/mol. The van der Waals surface area contributed by atoms with Gasteiger partial charge in [0.05, 0.1) is 6.61 Å². The molecular weight excluding hydrogens is 198 g/mol. The van der Waals surface area contributed by atoms with E-state index in [9.17, 15) is 4.21 Å². The van der Waals surface area contributed by atoms with Crippen molar-refractivity contribution >= 4 is 10.8 Å². The molecule has 1 aliphatic heterocycles. The first-order valence-corrected chi connectivity index (χ1v) is 6.85. The molecule has 0 aromatic heterocycles. The Balaban J connectivity index is 2.24. The molecule has 14 heavy (non-hydrogen) atoms. The fraction of sp³-hybridized carbons (Fsp3) is 1.00. The van der Waals surface area contributed by atoms with Crippen molar-refractivity contribution in [1.82, 2.24) is 5.32 Å². The molecule has 0 saturated carbocycles. The number of methoxy groups -OCH3 is 1. The van der Waals surface area contributed by atoms with Crippen LogP contribution in [0.2, 0.25) is 0 Å². The Morgan fingerprint density at radius 1 is 1.50 bits per heavy atom. The number of ether oxygens (including phenoxy) is 1. The van der Waals surface area contributed by atoms with Crippen molar-refractivity contribution in [2.45, 2.75) is 38.3 Å². The molecule has 0 bridgehead atoms. The maximum Gasteiger partial charge on any atom is 0.0615 e. The summed E-state index contributed by atoms with van der Waals surface area (Å²) in [5.41, 5.74) is 0. The maximum atomic E-state index is 11.1. The van der Waals surface area contributed by atoms with E-state index < -0.39 is 10.8 Å². The highest BCUT2D eigenvalue weighted by atomic mass is 32.2. The summed E-state index contributed by atoms with van der Waals surface area (Å²) in [4.78, 5) is 0. The van der Waals surface area contributed by atoms with Crippen LogP contribution in [0.3, 0.4) is 0 Å². The van der Waals surface area contributed by atoms with Crippen LogP contribution in [0.1, 0.15) is 26.2 Å². The van der Waals surface area contributed by atoms with Gasteiger partial charge in [-0.15, -0.1) is 0 Å². The zero-order chi connectivity index (χ0) is 10.4. The summed E-state index contributed by atoms with van der Waals surface area (Å²) < 4.78 is 16.3. The fourth-order valence-corrected chi connectivity index (χ4v) is 3.08. The first-order chi connectivity index (χ1) is 6.76. The smallest absolute Gasteiger partial charge is 0.0615 e. The molecule has 3 nitrogen and oxygen atoms in total. The van der Waals surface area contributed by atoms with Gasteiger partial charge in [0.1, 0.15) is 0 Å². The summed E-state index contributed by atoms with van der Waals surface area (Å²) in [6.07, 6.45) is 3.19. The van der Waals surface area contributed by atoms with Crippen LogP contribution in [0, 0.1) is 0 Å². The van der Waals surface area contributed by atoms with E-state index in [1.165, 1.54) is 0 Å². The largest absolute Gasteiger partial charge is 0.383 e. The average Bonchev–Trinajstić information content (AvgIpc) is 2.20. The van der Waals surface area contributed by atoms with Crippen molar-refractivity contribution < 1.29 is 8.95 Å². The van der Waals surface area contributed by atoms with Crippen molar-refractivity contribution in [3.8, 4) is 0 Å². The van der Waals surface area contributed by atoms with E-state index in [1.54, 1.807) is 7.11 Å². The van der Waals surface area contributed by atoms with Crippen LogP contribution in [-0.4, -0.2) is 41.5 Å². The van der Waals surface area contributed by atoms with Gasteiger partial charge in [-0.2, -0.15) is 0 Å². The normalized spacial score (nSPS) is 30.1. The standard InChI is InChI=1S/C10H21NO2S/c1-3-9(8-13-2)11-10-4-6-14(12)7-5-10/h9-11H,3-8H2,1-2H3. The second-order valence-corrected chi connectivity index (χ2v) is 5.55. The van der Waals surface area contributed by atoms with Gasteiger partial charge < -0.3 is 10.1 Å². The van der Waals surface area contributed by atoms with Crippen LogP contribution in [0.5, 0.6) is 0 Å². The number of nitrogens with one attached hydrogen (secondary N) is 1. The van der Waals surface area contributed by atoms with Crippen molar-refractivity contribution in [1.29, 1.82) is 0 Å². The predicted octanol–water partition coefficient (Wildman–Crippen LogP) is 0.912. The van der Waals surface area contributed by atoms with E-state index in [4.69, 9.17) is 4.74 Å². The Kier molecular flexibility index (Phi) is 5.67. The Morgan fingerprint density at radius 2 is 2.14 bits per heavy atom. The molecule has 1 unspecified atom stereocenters. The van der Waals surface area contributed by atoms with Gasteiger partial charge in [0.2, 0.25) is 0 Å². The summed E-state index contributed by atoms with van der Waals surface area (Å²) in [6, 6.07) is 1.00. The van der Waals surface area contributed by atoms with E-state index in [2.05, 4.69) is 12.2 Å². The quantitative estimate of drug-likeness (QED) is 0.747. The zero-order valence-corrected chi connectivity index (χ0v) is 9.94. The Bertz CT molecular complexity index is 177. The molecule has 1 fully saturated rings. The lowest BCUT2D eigenvalue weighted by atomic mass is 10.1. The summed E-state index contributed by atoms with van der Waals surface area (Å²) in [5.74, 6) is 1.72. The highest BCUT2D eigenvalue weighted by Crippen LogP contribution is 2.10. The molecule has 84 valence electrons. The summed E-state index contributed by atoms with van der Waals surface area (Å²) >= 11 is 0. The maximum absolute atomic E-state index is 11.1.